The number of nitrogens with one attached hydrogen (secondary N) is 1. The van der Waals surface area contributed by atoms with Gasteiger partial charge in [0.25, 0.3) is 0 Å². The molecule has 2 aromatic rings. The average molecular weight is 467 g/mol. The monoisotopic (exact) mass is 466 g/mol. The van der Waals surface area contributed by atoms with Crippen LogP contribution in [0.4, 0.5) is 0 Å². The first-order valence-corrected chi connectivity index (χ1v) is 12.3. The summed E-state index contributed by atoms with van der Waals surface area (Å²) in [5, 5.41) is 3.37. The van der Waals surface area contributed by atoms with Gasteiger partial charge in [0.1, 0.15) is 6.04 Å². The Morgan fingerprint density at radius 3 is 2.48 bits per heavy atom. The van der Waals surface area contributed by atoms with E-state index in [-0.39, 0.29) is 24.0 Å². The summed E-state index contributed by atoms with van der Waals surface area (Å²) in [6.45, 7) is 3.20. The first-order chi connectivity index (χ1) is 14.8. The highest BCUT2D eigenvalue weighted by Gasteiger charge is 2.32. The number of amides is 1. The molecule has 7 nitrogen and oxygen atoms in total. The highest BCUT2D eigenvalue weighted by molar-refractivity contribution is 7.91. The quantitative estimate of drug-likeness (QED) is 0.644. The smallest absolute Gasteiger partial charge is 0.242 e. The van der Waals surface area contributed by atoms with Gasteiger partial charge in [0.15, 0.2) is 21.3 Å². The lowest BCUT2D eigenvalue weighted by Gasteiger charge is -2.33. The molecular weight excluding hydrogens is 440 g/mol. The molecule has 1 N–H and O–H groups in total. The van der Waals surface area contributed by atoms with Crippen LogP contribution in [-0.4, -0.2) is 57.5 Å². The second-order valence-corrected chi connectivity index (χ2v) is 9.97. The van der Waals surface area contributed by atoms with Crippen LogP contribution in [0.15, 0.2) is 42.5 Å². The Morgan fingerprint density at radius 1 is 1.19 bits per heavy atom. The minimum Gasteiger partial charge on any atom is -0.493 e. The van der Waals surface area contributed by atoms with Gasteiger partial charge in [0, 0.05) is 19.6 Å². The number of nitrogens with zero attached hydrogens (tertiary/aromatic N) is 1. The lowest BCUT2D eigenvalue weighted by Crippen LogP contribution is -2.47. The van der Waals surface area contributed by atoms with E-state index in [1.807, 2.05) is 42.2 Å². The summed E-state index contributed by atoms with van der Waals surface area (Å²) in [5.74, 6) is 0.873. The van der Waals surface area contributed by atoms with Crippen molar-refractivity contribution in [3.63, 3.8) is 0 Å². The lowest BCUT2D eigenvalue weighted by molar-refractivity contribution is -0.126. The van der Waals surface area contributed by atoms with Crippen molar-refractivity contribution >= 4 is 27.3 Å². The molecular formula is C22H27ClN2O5S. The second-order valence-electron chi connectivity index (χ2n) is 7.26. The van der Waals surface area contributed by atoms with Gasteiger partial charge in [-0.1, -0.05) is 41.9 Å². The molecule has 9 heteroatoms. The molecule has 1 unspecified atom stereocenters. The maximum atomic E-state index is 13.2. The molecule has 1 fully saturated rings. The summed E-state index contributed by atoms with van der Waals surface area (Å²) >= 11 is 6.33. The summed E-state index contributed by atoms with van der Waals surface area (Å²) in [6, 6.07) is 12.3. The number of methoxy groups -OCH3 is 1. The number of benzene rings is 2. The van der Waals surface area contributed by atoms with Crippen molar-refractivity contribution in [2.75, 3.05) is 38.3 Å². The van der Waals surface area contributed by atoms with Gasteiger partial charge in [0.2, 0.25) is 5.91 Å². The van der Waals surface area contributed by atoms with Crippen LogP contribution in [0.2, 0.25) is 5.02 Å². The highest BCUT2D eigenvalue weighted by Crippen LogP contribution is 2.36. The second kappa shape index (κ2) is 10.3. The first kappa shape index (κ1) is 23.4. The van der Waals surface area contributed by atoms with Crippen LogP contribution in [-0.2, 0) is 21.2 Å². The number of hydrogen-bond donors (Lipinski definition) is 1. The molecule has 1 saturated heterocycles. The average Bonchev–Trinajstić information content (AvgIpc) is 2.76. The number of sulfone groups is 1. The van der Waals surface area contributed by atoms with E-state index in [2.05, 4.69) is 5.32 Å². The summed E-state index contributed by atoms with van der Waals surface area (Å²) in [4.78, 5) is 15.1. The Balaban J connectivity index is 1.77. The standard InChI is InChI=1S/C22H27ClN2O5S/c1-3-30-21-18(23)13-16(14-19(21)29-2)15-24-22(26)20(17-7-5-4-6-8-17)25-9-11-31(27,28)12-10-25/h4-8,13-14,20H,3,9-12,15H2,1-2H3,(H,24,26). The van der Waals surface area contributed by atoms with Crippen LogP contribution in [0, 0.1) is 0 Å². The molecule has 3 rings (SSSR count). The highest BCUT2D eigenvalue weighted by atomic mass is 35.5. The van der Waals surface area contributed by atoms with Gasteiger partial charge in [-0.2, -0.15) is 0 Å². The molecule has 31 heavy (non-hydrogen) atoms. The molecule has 1 aliphatic rings. The maximum absolute atomic E-state index is 13.2. The van der Waals surface area contributed by atoms with Gasteiger partial charge >= 0.3 is 0 Å². The van der Waals surface area contributed by atoms with Crippen molar-refractivity contribution in [3.05, 3.63) is 58.6 Å². The third kappa shape index (κ3) is 5.90. The van der Waals surface area contributed by atoms with Crippen molar-refractivity contribution in [1.29, 1.82) is 0 Å². The fourth-order valence-electron chi connectivity index (χ4n) is 3.59. The molecule has 0 aromatic heterocycles. The summed E-state index contributed by atoms with van der Waals surface area (Å²) in [7, 11) is -1.51. The normalized spacial score (nSPS) is 17.0. The zero-order valence-corrected chi connectivity index (χ0v) is 19.2. The molecule has 1 heterocycles. The Labute approximate surface area is 188 Å². The van der Waals surface area contributed by atoms with Gasteiger partial charge in [-0.05, 0) is 30.2 Å². The molecule has 0 saturated carbocycles. The van der Waals surface area contributed by atoms with Crippen molar-refractivity contribution in [2.45, 2.75) is 19.5 Å². The third-order valence-corrected chi connectivity index (χ3v) is 7.04. The van der Waals surface area contributed by atoms with Crippen molar-refractivity contribution in [3.8, 4) is 11.5 Å². The zero-order valence-electron chi connectivity index (χ0n) is 17.6. The number of carbonyl (C=O) groups is 1. The van der Waals surface area contributed by atoms with E-state index < -0.39 is 15.9 Å². The van der Waals surface area contributed by atoms with E-state index in [0.29, 0.717) is 36.2 Å². The molecule has 2 aromatic carbocycles. The number of halogens is 1. The van der Waals surface area contributed by atoms with Crippen LogP contribution in [0.1, 0.15) is 24.1 Å². The summed E-state index contributed by atoms with van der Waals surface area (Å²) in [5.41, 5.74) is 1.59. The number of rotatable bonds is 8. The molecule has 1 aliphatic heterocycles. The van der Waals surface area contributed by atoms with Crippen LogP contribution in [0.3, 0.4) is 0 Å². The molecule has 168 valence electrons. The zero-order chi connectivity index (χ0) is 22.4. The molecule has 1 amide bonds. The van der Waals surface area contributed by atoms with Crippen LogP contribution < -0.4 is 14.8 Å². The van der Waals surface area contributed by atoms with E-state index in [1.54, 1.807) is 12.1 Å². The van der Waals surface area contributed by atoms with E-state index in [4.69, 9.17) is 21.1 Å². The minimum absolute atomic E-state index is 0.0509. The van der Waals surface area contributed by atoms with E-state index in [1.165, 1.54) is 7.11 Å². The fraction of sp³-hybridized carbons (Fsp3) is 0.409. The van der Waals surface area contributed by atoms with Crippen LogP contribution in [0.25, 0.3) is 0 Å². The van der Waals surface area contributed by atoms with Crippen LogP contribution in [0.5, 0.6) is 11.5 Å². The summed E-state index contributed by atoms with van der Waals surface area (Å²) in [6.07, 6.45) is 0. The van der Waals surface area contributed by atoms with Crippen LogP contribution >= 0.6 is 11.6 Å². The molecule has 1 atom stereocenters. The van der Waals surface area contributed by atoms with Crippen molar-refractivity contribution < 1.29 is 22.7 Å². The summed E-state index contributed by atoms with van der Waals surface area (Å²) < 4.78 is 34.6. The first-order valence-electron chi connectivity index (χ1n) is 10.1. The SMILES string of the molecule is CCOc1c(Cl)cc(CNC(=O)C(c2ccccc2)N2CCS(=O)(=O)CC2)cc1OC. The van der Waals surface area contributed by atoms with E-state index >= 15 is 0 Å². The Morgan fingerprint density at radius 2 is 1.87 bits per heavy atom. The van der Waals surface area contributed by atoms with Gasteiger partial charge in [-0.15, -0.1) is 0 Å². The largest absolute Gasteiger partial charge is 0.493 e. The fourth-order valence-corrected chi connectivity index (χ4v) is 5.11. The van der Waals surface area contributed by atoms with Crippen molar-refractivity contribution in [2.24, 2.45) is 0 Å². The number of hydrogen-bond acceptors (Lipinski definition) is 6. The van der Waals surface area contributed by atoms with Gasteiger partial charge in [-0.3, -0.25) is 9.69 Å². The Kier molecular flexibility index (Phi) is 7.80. The predicted molar refractivity (Wildman–Crippen MR) is 120 cm³/mol. The van der Waals surface area contributed by atoms with Gasteiger partial charge in [-0.25, -0.2) is 8.42 Å². The molecule has 0 aliphatic carbocycles. The van der Waals surface area contributed by atoms with E-state index in [9.17, 15) is 13.2 Å². The molecule has 0 radical (unpaired) electrons. The van der Waals surface area contributed by atoms with Gasteiger partial charge < -0.3 is 14.8 Å². The molecule has 0 spiro atoms. The maximum Gasteiger partial charge on any atom is 0.242 e. The number of carbonyl (C=O) groups excluding carboxylic acids is 1. The van der Waals surface area contributed by atoms with Crippen molar-refractivity contribution in [1.82, 2.24) is 10.2 Å². The number of ether oxygens (including phenoxy) is 2. The lowest BCUT2D eigenvalue weighted by atomic mass is 10.0. The van der Waals surface area contributed by atoms with E-state index in [0.717, 1.165) is 11.1 Å². The Hall–Kier alpha value is -2.29. The minimum atomic E-state index is -3.05. The third-order valence-electron chi connectivity index (χ3n) is 5.15. The molecule has 0 bridgehead atoms. The predicted octanol–water partition coefficient (Wildman–Crippen LogP) is 2.84. The van der Waals surface area contributed by atoms with Gasteiger partial charge in [0.05, 0.1) is 30.2 Å². The Bertz CT molecular complexity index is 1000. The topological polar surface area (TPSA) is 84.9 Å².